The summed E-state index contributed by atoms with van der Waals surface area (Å²) < 4.78 is 21.7. The molecule has 2 aromatic rings. The predicted octanol–water partition coefficient (Wildman–Crippen LogP) is 5.49. The summed E-state index contributed by atoms with van der Waals surface area (Å²) >= 11 is 12.2. The molecular formula is C22H25Cl2N3O6. The van der Waals surface area contributed by atoms with Crippen molar-refractivity contribution in [3.05, 3.63) is 34.3 Å². The van der Waals surface area contributed by atoms with Crippen molar-refractivity contribution in [1.29, 1.82) is 0 Å². The van der Waals surface area contributed by atoms with Crippen molar-refractivity contribution in [3.8, 4) is 23.0 Å². The number of anilines is 1. The molecule has 0 aliphatic rings. The molecule has 1 amide bonds. The molecule has 0 radical (unpaired) electrons. The number of ketones is 1. The van der Waals surface area contributed by atoms with E-state index in [1.165, 1.54) is 39.3 Å². The van der Waals surface area contributed by atoms with Crippen LogP contribution in [0.5, 0.6) is 23.0 Å². The van der Waals surface area contributed by atoms with Gasteiger partial charge in [0.2, 0.25) is 6.04 Å². The van der Waals surface area contributed by atoms with Crippen LogP contribution < -0.4 is 24.3 Å². The summed E-state index contributed by atoms with van der Waals surface area (Å²) in [6.07, 6.45) is 0. The van der Waals surface area contributed by atoms with Gasteiger partial charge in [0.05, 0.1) is 27.4 Å². The van der Waals surface area contributed by atoms with Crippen molar-refractivity contribution in [2.45, 2.75) is 26.8 Å². The van der Waals surface area contributed by atoms with Crippen LogP contribution in [0.2, 0.25) is 10.0 Å². The minimum absolute atomic E-state index is 0.201. The molecule has 0 spiro atoms. The lowest BCUT2D eigenvalue weighted by molar-refractivity contribution is -0.126. The minimum atomic E-state index is -1.46. The van der Waals surface area contributed by atoms with E-state index in [0.29, 0.717) is 34.8 Å². The first-order chi connectivity index (χ1) is 15.7. The molecule has 0 bridgehead atoms. The topological polar surface area (TPSA) is 108 Å². The summed E-state index contributed by atoms with van der Waals surface area (Å²) in [5.74, 6) is -0.0941. The van der Waals surface area contributed by atoms with E-state index in [9.17, 15) is 9.59 Å². The van der Waals surface area contributed by atoms with Gasteiger partial charge in [-0.2, -0.15) is 10.2 Å². The zero-order valence-corrected chi connectivity index (χ0v) is 20.4. The third-order valence-corrected chi connectivity index (χ3v) is 4.66. The second-order valence-corrected chi connectivity index (χ2v) is 7.39. The van der Waals surface area contributed by atoms with E-state index in [-0.39, 0.29) is 22.9 Å². The first-order valence-corrected chi connectivity index (χ1v) is 10.7. The van der Waals surface area contributed by atoms with Crippen molar-refractivity contribution in [3.63, 3.8) is 0 Å². The molecule has 0 heterocycles. The van der Waals surface area contributed by atoms with E-state index in [1.54, 1.807) is 13.0 Å². The molecule has 0 aromatic heterocycles. The number of amides is 1. The summed E-state index contributed by atoms with van der Waals surface area (Å²) in [7, 11) is 2.82. The van der Waals surface area contributed by atoms with E-state index in [4.69, 9.17) is 42.1 Å². The smallest absolute Gasteiger partial charge is 0.259 e. The van der Waals surface area contributed by atoms with Crippen LogP contribution in [0.4, 0.5) is 11.4 Å². The molecule has 0 aliphatic carbocycles. The van der Waals surface area contributed by atoms with Gasteiger partial charge in [-0.1, -0.05) is 23.2 Å². The van der Waals surface area contributed by atoms with Crippen LogP contribution in [0.3, 0.4) is 0 Å². The highest BCUT2D eigenvalue weighted by molar-refractivity contribution is 6.31. The first-order valence-electron chi connectivity index (χ1n) is 9.98. The Hall–Kier alpha value is -3.04. The Labute approximate surface area is 202 Å². The van der Waals surface area contributed by atoms with Gasteiger partial charge in [0.1, 0.15) is 22.9 Å². The number of ether oxygens (including phenoxy) is 4. The van der Waals surface area contributed by atoms with Crippen LogP contribution in [-0.2, 0) is 9.59 Å². The number of hydrogen-bond acceptors (Lipinski definition) is 8. The van der Waals surface area contributed by atoms with Crippen LogP contribution in [-0.4, -0.2) is 45.2 Å². The van der Waals surface area contributed by atoms with Crippen LogP contribution in [0, 0.1) is 0 Å². The van der Waals surface area contributed by atoms with Crippen molar-refractivity contribution in [2.75, 3.05) is 32.8 Å². The van der Waals surface area contributed by atoms with Crippen molar-refractivity contribution >= 4 is 46.3 Å². The number of halogens is 2. The van der Waals surface area contributed by atoms with Crippen LogP contribution in [0.1, 0.15) is 20.8 Å². The molecule has 2 rings (SSSR count). The van der Waals surface area contributed by atoms with Crippen molar-refractivity contribution in [1.82, 2.24) is 0 Å². The summed E-state index contributed by atoms with van der Waals surface area (Å²) in [5, 5.41) is 11.3. The quantitative estimate of drug-likeness (QED) is 0.324. The molecule has 1 atom stereocenters. The number of hydrogen-bond donors (Lipinski definition) is 1. The van der Waals surface area contributed by atoms with Crippen LogP contribution >= 0.6 is 23.2 Å². The van der Waals surface area contributed by atoms with Gasteiger partial charge < -0.3 is 24.3 Å². The van der Waals surface area contributed by atoms with Crippen LogP contribution in [0.25, 0.3) is 0 Å². The standard InChI is InChI=1S/C22H25Cl2N3O6/c1-6-32-18-11-13(23)8-15(21(18)33-7-2)26-27-19(12(3)28)22(29)25-20-16(30-4)9-14(24)10-17(20)31-5/h8-11,19H,6-7H2,1-5H3,(H,25,29). The largest absolute Gasteiger partial charge is 0.494 e. The number of methoxy groups -OCH3 is 2. The number of nitrogens with zero attached hydrogens (tertiary/aromatic N) is 2. The highest BCUT2D eigenvalue weighted by Crippen LogP contribution is 2.41. The van der Waals surface area contributed by atoms with E-state index in [1.807, 2.05) is 6.92 Å². The third kappa shape index (κ3) is 6.72. The molecule has 0 aliphatic heterocycles. The number of Topliss-reactive ketones (excluding diaryl/α,β-unsaturated/α-hetero) is 1. The summed E-state index contributed by atoms with van der Waals surface area (Å²) in [6, 6.07) is 4.63. The average molecular weight is 498 g/mol. The fourth-order valence-corrected chi connectivity index (χ4v) is 3.21. The number of benzene rings is 2. The molecule has 1 unspecified atom stereocenters. The van der Waals surface area contributed by atoms with Gasteiger partial charge in [-0.25, -0.2) is 0 Å². The van der Waals surface area contributed by atoms with E-state index < -0.39 is 17.7 Å². The maximum absolute atomic E-state index is 12.9. The zero-order valence-electron chi connectivity index (χ0n) is 18.9. The fourth-order valence-electron chi connectivity index (χ4n) is 2.81. The first kappa shape index (κ1) is 26.2. The van der Waals surface area contributed by atoms with E-state index >= 15 is 0 Å². The van der Waals surface area contributed by atoms with Crippen molar-refractivity contribution < 1.29 is 28.5 Å². The lowest BCUT2D eigenvalue weighted by Crippen LogP contribution is -2.32. The maximum Gasteiger partial charge on any atom is 0.259 e. The van der Waals surface area contributed by atoms with Gasteiger partial charge in [-0.15, -0.1) is 0 Å². The second-order valence-electron chi connectivity index (χ2n) is 6.52. The van der Waals surface area contributed by atoms with E-state index in [2.05, 4.69) is 15.5 Å². The second kappa shape index (κ2) is 12.3. The highest BCUT2D eigenvalue weighted by atomic mass is 35.5. The molecule has 0 saturated heterocycles. The Morgan fingerprint density at radius 2 is 1.48 bits per heavy atom. The average Bonchev–Trinajstić information content (AvgIpc) is 2.76. The molecular weight excluding hydrogens is 473 g/mol. The number of azo groups is 1. The Bertz CT molecular complexity index is 1020. The monoisotopic (exact) mass is 497 g/mol. The summed E-state index contributed by atoms with van der Waals surface area (Å²) in [4.78, 5) is 25.2. The number of nitrogens with one attached hydrogen (secondary N) is 1. The van der Waals surface area contributed by atoms with Crippen molar-refractivity contribution in [2.24, 2.45) is 10.2 Å². The van der Waals surface area contributed by atoms with Gasteiger partial charge in [-0.3, -0.25) is 9.59 Å². The Kier molecular flexibility index (Phi) is 9.74. The molecule has 33 heavy (non-hydrogen) atoms. The highest BCUT2D eigenvalue weighted by Gasteiger charge is 2.26. The lowest BCUT2D eigenvalue weighted by atomic mass is 10.2. The number of carbonyl (C=O) groups is 2. The van der Waals surface area contributed by atoms with Gasteiger partial charge >= 0.3 is 0 Å². The fraction of sp³-hybridized carbons (Fsp3) is 0.364. The molecule has 0 saturated carbocycles. The Balaban J connectivity index is 2.42. The zero-order chi connectivity index (χ0) is 24.5. The third-order valence-electron chi connectivity index (χ3n) is 4.22. The van der Waals surface area contributed by atoms with Gasteiger partial charge in [0.15, 0.2) is 17.3 Å². The lowest BCUT2D eigenvalue weighted by Gasteiger charge is -2.16. The Morgan fingerprint density at radius 1 is 0.939 bits per heavy atom. The SMILES string of the molecule is CCOc1cc(Cl)cc(N=NC(C(C)=O)C(=O)Nc2c(OC)cc(Cl)cc2OC)c1OCC. The van der Waals surface area contributed by atoms with Crippen LogP contribution in [0.15, 0.2) is 34.5 Å². The maximum atomic E-state index is 12.9. The molecule has 178 valence electrons. The molecule has 0 fully saturated rings. The summed E-state index contributed by atoms with van der Waals surface area (Å²) in [5.41, 5.74) is 0.417. The predicted molar refractivity (Wildman–Crippen MR) is 126 cm³/mol. The van der Waals surface area contributed by atoms with Gasteiger partial charge in [0.25, 0.3) is 5.91 Å². The molecule has 2 aromatic carbocycles. The number of carbonyl (C=O) groups excluding carboxylic acids is 2. The number of rotatable bonds is 11. The summed E-state index contributed by atoms with van der Waals surface area (Å²) in [6.45, 7) is 5.54. The molecule has 9 nitrogen and oxygen atoms in total. The molecule has 11 heteroatoms. The van der Waals surface area contributed by atoms with E-state index in [0.717, 1.165) is 0 Å². The molecule has 1 N–H and O–H groups in total. The van der Waals surface area contributed by atoms with Gasteiger partial charge in [-0.05, 0) is 26.8 Å². The van der Waals surface area contributed by atoms with Gasteiger partial charge in [0, 0.05) is 28.2 Å². The minimum Gasteiger partial charge on any atom is -0.494 e. The Morgan fingerprint density at radius 3 is 2.00 bits per heavy atom. The normalized spacial score (nSPS) is 11.7.